The van der Waals surface area contributed by atoms with Crippen molar-refractivity contribution >= 4 is 80.1 Å². The van der Waals surface area contributed by atoms with E-state index in [1.165, 1.54) is 0 Å². The summed E-state index contributed by atoms with van der Waals surface area (Å²) in [7, 11) is 0. The lowest BCUT2D eigenvalue weighted by molar-refractivity contribution is 0.101. The van der Waals surface area contributed by atoms with E-state index in [9.17, 15) is 0 Å². The predicted octanol–water partition coefficient (Wildman–Crippen LogP) is 15.0. The molecule has 22 bridgehead atoms. The van der Waals surface area contributed by atoms with Gasteiger partial charge in [-0.05, 0) is 180 Å². The van der Waals surface area contributed by atoms with E-state index in [0.717, 1.165) is 88.9 Å². The number of fused-ring (bicyclic) bond motifs is 20. The lowest BCUT2D eigenvalue weighted by Crippen LogP contribution is -2.36. The minimum atomic E-state index is -0.263. The van der Waals surface area contributed by atoms with E-state index < -0.39 is 0 Å². The maximum Gasteiger partial charge on any atom is 0.255 e. The lowest BCUT2D eigenvalue weighted by Gasteiger charge is -2.26. The topological polar surface area (TPSA) is 151 Å². The van der Waals surface area contributed by atoms with E-state index >= 15 is 19.2 Å². The largest absolute Gasteiger partial charge is 0.322 e. The van der Waals surface area contributed by atoms with Crippen LogP contribution in [0.2, 0.25) is 0 Å². The maximum atomic E-state index is 15.0. The van der Waals surface area contributed by atoms with Crippen LogP contribution >= 0.6 is 0 Å². The Bertz CT molecular complexity index is 5010. The van der Waals surface area contributed by atoms with Gasteiger partial charge in [0.15, 0.2) is 0 Å². The standard InChI is InChI=1S/C83H66N8O4/c1-82(2)45-50-17-13-21-54(41-50)78(92)86-62-29-9-5-25-58(62)74-66-33-35-68(84-66)76-60-27-7-11-31-64(60)88-80(94)56-23-15-19-52(43-56)47-83(3,4)48-53-20-16-24-57(44-53)81(95)89-65-32-12-8-28-61(65)77-69-36-34-67(85-69)75(71-38-37-70(74)90(71)49-91-72(76)39-40-73(77)91)59-26-6-10-30-63(59)87-79(93)55-22-14-18-51(42-55)46-82/h5-44H,45-49H2,1-4H3,(H,86,92)(H,87,93)(H,88,94)(H,89,95). The molecule has 8 heterocycles. The molecule has 6 aliphatic rings. The molecule has 12 heteroatoms. The zero-order valence-corrected chi connectivity index (χ0v) is 53.1. The van der Waals surface area contributed by atoms with Gasteiger partial charge in [-0.15, -0.1) is 0 Å². The van der Waals surface area contributed by atoms with E-state index in [1.54, 1.807) is 0 Å². The van der Waals surface area contributed by atoms with Crippen molar-refractivity contribution in [3.05, 3.63) is 343 Å². The van der Waals surface area contributed by atoms with E-state index in [0.29, 0.717) is 93.5 Å². The summed E-state index contributed by atoms with van der Waals surface area (Å²) in [5, 5.41) is 15.1. The fourth-order valence-electron chi connectivity index (χ4n) is 14.8. The molecule has 462 valence electrons. The number of carbonyl (C=O) groups is 4. The van der Waals surface area contributed by atoms with Crippen LogP contribution in [0.5, 0.6) is 0 Å². The third-order valence-corrected chi connectivity index (χ3v) is 18.8. The third-order valence-electron chi connectivity index (χ3n) is 18.8. The van der Waals surface area contributed by atoms with Gasteiger partial charge in [-0.25, -0.2) is 9.98 Å². The number of carbonyl (C=O) groups excluding carboxylic acids is 4. The van der Waals surface area contributed by atoms with Gasteiger partial charge in [0.1, 0.15) is 6.67 Å². The SMILES string of the molecule is CC1(C)Cc2cccc(c2)C(=O)Nc2ccccc2C2=C3C=CC(=N3)C3=c4ccc5n4Cn4c2ccc4C(=C2C=CC(=N2)C=5c2ccccc2NC(=O)c2cccc(c2)CC(C)(C)Cc2cccc(c2)C(=O)Nc2ccccc23)c2ccccc2NC(=O)c2cccc(c2)C1. The number of nitrogens with one attached hydrogen (secondary N) is 4. The second kappa shape index (κ2) is 23.1. The summed E-state index contributed by atoms with van der Waals surface area (Å²) in [4.78, 5) is 71.5. The highest BCUT2D eigenvalue weighted by Gasteiger charge is 2.33. The number of nitrogens with zero attached hydrogens (tertiary/aromatic N) is 4. The summed E-state index contributed by atoms with van der Waals surface area (Å²) < 4.78 is 4.58. The molecule has 10 aromatic rings. The van der Waals surface area contributed by atoms with Crippen molar-refractivity contribution in [3.63, 3.8) is 0 Å². The number of anilines is 4. The Hall–Kier alpha value is -11.8. The smallest absolute Gasteiger partial charge is 0.255 e. The first kappa shape index (κ1) is 58.3. The molecule has 0 atom stereocenters. The fraction of sp³-hybridized carbons (Fsp3) is 0.133. The average molecular weight is 1240 g/mol. The van der Waals surface area contributed by atoms with Crippen LogP contribution in [0.3, 0.4) is 0 Å². The molecule has 0 aliphatic carbocycles. The number of rotatable bonds is 0. The molecule has 0 unspecified atom stereocenters. The van der Waals surface area contributed by atoms with Crippen LogP contribution in [-0.4, -0.2) is 44.2 Å². The number of aliphatic imine (C=N–C) groups is 2. The van der Waals surface area contributed by atoms with E-state index in [1.807, 2.05) is 194 Å². The highest BCUT2D eigenvalue weighted by atomic mass is 16.2. The average Bonchev–Trinajstić information content (AvgIpc) is 1.59. The molecule has 16 rings (SSSR count). The van der Waals surface area contributed by atoms with Gasteiger partial charge in [-0.2, -0.15) is 0 Å². The Morgan fingerprint density at radius 2 is 0.632 bits per heavy atom. The van der Waals surface area contributed by atoms with Gasteiger partial charge in [-0.3, -0.25) is 19.2 Å². The van der Waals surface area contributed by atoms with Crippen molar-refractivity contribution in [2.75, 3.05) is 21.3 Å². The highest BCUT2D eigenvalue weighted by molar-refractivity contribution is 6.33. The van der Waals surface area contributed by atoms with E-state index in [2.05, 4.69) is 107 Å². The molecular weight excluding hydrogens is 1170 g/mol. The number of amides is 4. The Morgan fingerprint density at radius 1 is 0.326 bits per heavy atom. The van der Waals surface area contributed by atoms with Gasteiger partial charge in [0.2, 0.25) is 0 Å². The summed E-state index contributed by atoms with van der Waals surface area (Å²) >= 11 is 0. The predicted molar refractivity (Wildman–Crippen MR) is 379 cm³/mol. The first-order chi connectivity index (χ1) is 46.1. The summed E-state index contributed by atoms with van der Waals surface area (Å²) in [5.74, 6) is -1.05. The molecule has 0 fully saturated rings. The van der Waals surface area contributed by atoms with Crippen molar-refractivity contribution < 1.29 is 19.2 Å². The normalized spacial score (nSPS) is 16.9. The van der Waals surface area contributed by atoms with Crippen LogP contribution in [0.4, 0.5) is 22.7 Å². The van der Waals surface area contributed by atoms with Crippen LogP contribution < -0.4 is 32.0 Å². The molecule has 4 N–H and O–H groups in total. The van der Waals surface area contributed by atoms with Crippen LogP contribution in [0, 0.1) is 10.8 Å². The van der Waals surface area contributed by atoms with E-state index in [4.69, 9.17) is 9.98 Å². The molecule has 0 spiro atoms. The second-order valence-electron chi connectivity index (χ2n) is 27.0. The summed E-state index contributed by atoms with van der Waals surface area (Å²) in [6, 6.07) is 71.4. The van der Waals surface area contributed by atoms with Crippen molar-refractivity contribution in [1.82, 2.24) is 9.13 Å². The number of para-hydroxylation sites is 4. The van der Waals surface area contributed by atoms with Crippen molar-refractivity contribution in [3.8, 4) is 0 Å². The van der Waals surface area contributed by atoms with Crippen molar-refractivity contribution in [2.45, 2.75) is 60.0 Å². The summed E-state index contributed by atoms with van der Waals surface area (Å²) in [6.45, 7) is 9.03. The number of allylic oxidation sites excluding steroid dienone is 4. The molecule has 2 aromatic heterocycles. The number of benzene rings is 8. The Kier molecular flexibility index (Phi) is 14.2. The first-order valence-corrected chi connectivity index (χ1v) is 32.3. The van der Waals surface area contributed by atoms with Crippen LogP contribution in [0.15, 0.2) is 264 Å². The van der Waals surface area contributed by atoms with Crippen LogP contribution in [0.25, 0.3) is 22.3 Å². The number of aromatic nitrogens is 2. The molecule has 95 heavy (non-hydrogen) atoms. The monoisotopic (exact) mass is 1240 g/mol. The minimum absolute atomic E-state index is 0.175. The molecule has 0 saturated heterocycles. The zero-order valence-electron chi connectivity index (χ0n) is 53.1. The number of hydrogen-bond donors (Lipinski definition) is 4. The second-order valence-corrected chi connectivity index (χ2v) is 27.0. The van der Waals surface area contributed by atoms with Gasteiger partial charge >= 0.3 is 0 Å². The Morgan fingerprint density at radius 3 is 0.958 bits per heavy atom. The van der Waals surface area contributed by atoms with Gasteiger partial charge in [-0.1, -0.05) is 149 Å². The van der Waals surface area contributed by atoms with Crippen molar-refractivity contribution in [2.24, 2.45) is 20.8 Å². The van der Waals surface area contributed by atoms with Gasteiger partial charge in [0.25, 0.3) is 23.6 Å². The molecule has 6 aliphatic heterocycles. The van der Waals surface area contributed by atoms with Gasteiger partial charge in [0.05, 0.1) is 44.9 Å². The maximum absolute atomic E-state index is 15.0. The van der Waals surface area contributed by atoms with Crippen LogP contribution in [0.1, 0.15) is 125 Å². The molecule has 0 radical (unpaired) electrons. The first-order valence-electron chi connectivity index (χ1n) is 32.3. The van der Waals surface area contributed by atoms with E-state index in [-0.39, 0.29) is 41.1 Å². The highest BCUT2D eigenvalue weighted by Crippen LogP contribution is 2.44. The third kappa shape index (κ3) is 10.9. The van der Waals surface area contributed by atoms with Crippen molar-refractivity contribution in [1.29, 1.82) is 0 Å². The molecular formula is C83H66N8O4. The summed E-state index contributed by atoms with van der Waals surface area (Å²) in [6.07, 6.45) is 10.9. The molecule has 0 saturated carbocycles. The van der Waals surface area contributed by atoms with Crippen LogP contribution in [-0.2, 0) is 32.4 Å². The fourth-order valence-corrected chi connectivity index (χ4v) is 14.8. The lowest BCUT2D eigenvalue weighted by atomic mass is 9.79. The quantitative estimate of drug-likeness (QED) is 0.119. The molecule has 4 amide bonds. The molecule has 12 nitrogen and oxygen atoms in total. The number of hydrogen-bond acceptors (Lipinski definition) is 6. The van der Waals surface area contributed by atoms with Gasteiger partial charge in [0, 0.05) is 89.5 Å². The Balaban J connectivity index is 1.01. The van der Waals surface area contributed by atoms with Gasteiger partial charge < -0.3 is 30.4 Å². The Labute approximate surface area is 550 Å². The summed E-state index contributed by atoms with van der Waals surface area (Å²) in [5.41, 5.74) is 17.9. The minimum Gasteiger partial charge on any atom is -0.322 e. The zero-order chi connectivity index (χ0) is 64.7. The molecule has 8 aromatic carbocycles.